The van der Waals surface area contributed by atoms with E-state index in [9.17, 15) is 0 Å². The number of hydrogen-bond donors (Lipinski definition) is 3. The van der Waals surface area contributed by atoms with Crippen molar-refractivity contribution in [3.8, 4) is 0 Å². The van der Waals surface area contributed by atoms with Crippen LogP contribution in [0.1, 0.15) is 16.7 Å². The van der Waals surface area contributed by atoms with Crippen LogP contribution in [0.4, 0.5) is 5.69 Å². The molecule has 27 heavy (non-hydrogen) atoms. The maximum Gasteiger partial charge on any atom is 0.178 e. The number of piperazine rings is 1. The Morgan fingerprint density at radius 1 is 1.07 bits per heavy atom. The number of nitrogens with one attached hydrogen (secondary N) is 2. The number of hydrazine groups is 1. The highest BCUT2D eigenvalue weighted by atomic mass is 35.5. The zero-order chi connectivity index (χ0) is 19.2. The van der Waals surface area contributed by atoms with Crippen LogP contribution in [-0.2, 0) is 13.1 Å². The summed E-state index contributed by atoms with van der Waals surface area (Å²) in [5.41, 5.74) is 15.9. The third kappa shape index (κ3) is 5.81. The number of aryl methyl sites for hydroxylation is 1. The summed E-state index contributed by atoms with van der Waals surface area (Å²) in [6.45, 7) is 7.75. The normalized spacial score (nSPS) is 15.0. The van der Waals surface area contributed by atoms with Gasteiger partial charge >= 0.3 is 0 Å². The SMILES string of the molecule is Cc1ccc(CN2CCN(c3ccc(CNNC(N)=S)cc3Cl)CC2)cc1. The molecule has 7 heteroatoms. The van der Waals surface area contributed by atoms with Gasteiger partial charge in [0.15, 0.2) is 5.11 Å². The maximum absolute atomic E-state index is 6.53. The molecule has 4 N–H and O–H groups in total. The molecule has 0 bridgehead atoms. The molecule has 0 unspecified atom stereocenters. The molecule has 1 heterocycles. The highest BCUT2D eigenvalue weighted by molar-refractivity contribution is 7.80. The Kier molecular flexibility index (Phi) is 6.90. The van der Waals surface area contributed by atoms with Crippen LogP contribution in [0.3, 0.4) is 0 Å². The number of nitrogens with two attached hydrogens (primary N) is 1. The summed E-state index contributed by atoms with van der Waals surface area (Å²) in [6, 6.07) is 15.0. The number of halogens is 1. The number of rotatable bonds is 6. The van der Waals surface area contributed by atoms with Gasteiger partial charge in [0.1, 0.15) is 0 Å². The van der Waals surface area contributed by atoms with Crippen molar-refractivity contribution in [3.63, 3.8) is 0 Å². The first kappa shape index (κ1) is 19.9. The molecular weight excluding hydrogens is 378 g/mol. The van der Waals surface area contributed by atoms with Crippen LogP contribution in [0.15, 0.2) is 42.5 Å². The molecule has 2 aromatic carbocycles. The Balaban J connectivity index is 1.52. The Morgan fingerprint density at radius 2 is 1.74 bits per heavy atom. The number of hydrogen-bond acceptors (Lipinski definition) is 4. The molecule has 1 saturated heterocycles. The summed E-state index contributed by atoms with van der Waals surface area (Å²) in [4.78, 5) is 4.85. The monoisotopic (exact) mass is 403 g/mol. The molecule has 144 valence electrons. The third-order valence-electron chi connectivity index (χ3n) is 4.76. The van der Waals surface area contributed by atoms with Gasteiger partial charge in [0.05, 0.1) is 10.7 Å². The van der Waals surface area contributed by atoms with Gasteiger partial charge in [-0.2, -0.15) is 0 Å². The summed E-state index contributed by atoms with van der Waals surface area (Å²) in [6.07, 6.45) is 0. The minimum absolute atomic E-state index is 0.223. The minimum atomic E-state index is 0.223. The van der Waals surface area contributed by atoms with E-state index in [1.54, 1.807) is 0 Å². The molecule has 0 atom stereocenters. The lowest BCUT2D eigenvalue weighted by Crippen LogP contribution is -2.46. The largest absolute Gasteiger partial charge is 0.375 e. The van der Waals surface area contributed by atoms with E-state index in [0.717, 1.165) is 49.0 Å². The lowest BCUT2D eigenvalue weighted by molar-refractivity contribution is 0.250. The molecule has 0 amide bonds. The molecule has 2 aromatic rings. The Morgan fingerprint density at radius 3 is 2.37 bits per heavy atom. The van der Waals surface area contributed by atoms with Crippen molar-refractivity contribution in [2.75, 3.05) is 31.1 Å². The molecule has 1 aliphatic heterocycles. The van der Waals surface area contributed by atoms with Gasteiger partial charge in [-0.15, -0.1) is 0 Å². The lowest BCUT2D eigenvalue weighted by atomic mass is 10.1. The first-order valence-corrected chi connectivity index (χ1v) is 9.89. The molecule has 1 fully saturated rings. The predicted molar refractivity (Wildman–Crippen MR) is 117 cm³/mol. The Bertz CT molecular complexity index is 772. The molecular formula is C20H26ClN5S. The van der Waals surface area contributed by atoms with Gasteiger partial charge in [-0.05, 0) is 42.4 Å². The Hall–Kier alpha value is -1.86. The summed E-state index contributed by atoms with van der Waals surface area (Å²) in [5, 5.41) is 0.998. The van der Waals surface area contributed by atoms with Gasteiger partial charge in [-0.1, -0.05) is 47.5 Å². The predicted octanol–water partition coefficient (Wildman–Crippen LogP) is 2.81. The summed E-state index contributed by atoms with van der Waals surface area (Å²) in [5.74, 6) is 0. The van der Waals surface area contributed by atoms with Crippen LogP contribution in [0.2, 0.25) is 5.02 Å². The smallest absolute Gasteiger partial charge is 0.178 e. The summed E-state index contributed by atoms with van der Waals surface area (Å²) >= 11 is 11.3. The van der Waals surface area contributed by atoms with Crippen molar-refractivity contribution >= 4 is 34.6 Å². The van der Waals surface area contributed by atoms with Crippen molar-refractivity contribution < 1.29 is 0 Å². The average Bonchev–Trinajstić information content (AvgIpc) is 2.64. The van der Waals surface area contributed by atoms with Crippen molar-refractivity contribution in [1.82, 2.24) is 15.8 Å². The van der Waals surface area contributed by atoms with E-state index < -0.39 is 0 Å². The summed E-state index contributed by atoms with van der Waals surface area (Å²) < 4.78 is 0. The van der Waals surface area contributed by atoms with Crippen molar-refractivity contribution in [2.24, 2.45) is 5.73 Å². The van der Waals surface area contributed by atoms with Crippen molar-refractivity contribution in [1.29, 1.82) is 0 Å². The van der Waals surface area contributed by atoms with Crippen molar-refractivity contribution in [3.05, 3.63) is 64.2 Å². The maximum atomic E-state index is 6.53. The first-order chi connectivity index (χ1) is 13.0. The zero-order valence-electron chi connectivity index (χ0n) is 15.5. The fraction of sp³-hybridized carbons (Fsp3) is 0.350. The lowest BCUT2D eigenvalue weighted by Gasteiger charge is -2.36. The molecule has 0 radical (unpaired) electrons. The fourth-order valence-corrected chi connectivity index (χ4v) is 3.64. The van der Waals surface area contributed by atoms with E-state index in [2.05, 4.69) is 64.0 Å². The summed E-state index contributed by atoms with van der Waals surface area (Å²) in [7, 11) is 0. The average molecular weight is 404 g/mol. The fourth-order valence-electron chi connectivity index (χ4n) is 3.25. The molecule has 0 spiro atoms. The van der Waals surface area contributed by atoms with Gasteiger partial charge in [0, 0.05) is 39.3 Å². The number of anilines is 1. The van der Waals surface area contributed by atoms with E-state index in [0.29, 0.717) is 6.54 Å². The molecule has 0 aromatic heterocycles. The number of benzene rings is 2. The van der Waals surface area contributed by atoms with Gasteiger partial charge in [0.25, 0.3) is 0 Å². The topological polar surface area (TPSA) is 56.6 Å². The number of nitrogens with zero attached hydrogens (tertiary/aromatic N) is 2. The van der Waals surface area contributed by atoms with Crippen LogP contribution in [0.25, 0.3) is 0 Å². The first-order valence-electron chi connectivity index (χ1n) is 9.11. The molecule has 5 nitrogen and oxygen atoms in total. The van der Waals surface area contributed by atoms with E-state index in [-0.39, 0.29) is 5.11 Å². The highest BCUT2D eigenvalue weighted by Crippen LogP contribution is 2.28. The van der Waals surface area contributed by atoms with Crippen LogP contribution in [-0.4, -0.2) is 36.2 Å². The molecule has 0 saturated carbocycles. The standard InChI is InChI=1S/C20H26ClN5S/c1-15-2-4-16(5-3-15)14-25-8-10-26(11-9-25)19-7-6-17(12-18(19)21)13-23-24-20(22)27/h2-7,12,23H,8-11,13-14H2,1H3,(H3,22,24,27). The highest BCUT2D eigenvalue weighted by Gasteiger charge is 2.19. The van der Waals surface area contributed by atoms with Crippen LogP contribution >= 0.6 is 23.8 Å². The third-order valence-corrected chi connectivity index (χ3v) is 5.16. The van der Waals surface area contributed by atoms with Gasteiger partial charge in [-0.25, -0.2) is 5.43 Å². The van der Waals surface area contributed by atoms with Crippen LogP contribution in [0, 0.1) is 6.92 Å². The van der Waals surface area contributed by atoms with E-state index >= 15 is 0 Å². The van der Waals surface area contributed by atoms with E-state index in [1.807, 2.05) is 6.07 Å². The van der Waals surface area contributed by atoms with Crippen molar-refractivity contribution in [2.45, 2.75) is 20.0 Å². The molecule has 3 rings (SSSR count). The molecule has 1 aliphatic rings. The second kappa shape index (κ2) is 9.37. The molecule has 0 aliphatic carbocycles. The van der Waals surface area contributed by atoms with Crippen LogP contribution < -0.4 is 21.5 Å². The van der Waals surface area contributed by atoms with Gasteiger partial charge in [-0.3, -0.25) is 10.3 Å². The zero-order valence-corrected chi connectivity index (χ0v) is 17.1. The second-order valence-electron chi connectivity index (χ2n) is 6.88. The van der Waals surface area contributed by atoms with E-state index in [4.69, 9.17) is 29.6 Å². The Labute approximate surface area is 171 Å². The minimum Gasteiger partial charge on any atom is -0.375 e. The number of thiocarbonyl (C=S) groups is 1. The second-order valence-corrected chi connectivity index (χ2v) is 7.72. The van der Waals surface area contributed by atoms with Crippen LogP contribution in [0.5, 0.6) is 0 Å². The van der Waals surface area contributed by atoms with Gasteiger partial charge in [0.2, 0.25) is 0 Å². The van der Waals surface area contributed by atoms with Gasteiger partial charge < -0.3 is 10.6 Å². The van der Waals surface area contributed by atoms with E-state index in [1.165, 1.54) is 11.1 Å². The quantitative estimate of drug-likeness (QED) is 0.509.